The quantitative estimate of drug-likeness (QED) is 0.706. The number of likely N-dealkylation sites (N-methyl/N-ethyl adjacent to an activating group) is 1. The molecule has 0 saturated carbocycles. The molecule has 2 N–H and O–H groups in total. The maximum Gasteiger partial charge on any atom is 0.323 e. The van der Waals surface area contributed by atoms with Gasteiger partial charge in [0.25, 0.3) is 0 Å². The number of amides is 2. The molecule has 0 saturated heterocycles. The largest absolute Gasteiger partial charge is 0.480 e. The zero-order chi connectivity index (χ0) is 11.1. The van der Waals surface area contributed by atoms with Crippen LogP contribution in [0.3, 0.4) is 0 Å². The van der Waals surface area contributed by atoms with Gasteiger partial charge in [-0.2, -0.15) is 11.8 Å². The molecule has 14 heavy (non-hydrogen) atoms. The van der Waals surface area contributed by atoms with E-state index >= 15 is 0 Å². The first-order valence-electron chi connectivity index (χ1n) is 4.21. The van der Waals surface area contributed by atoms with E-state index in [2.05, 4.69) is 5.32 Å². The fourth-order valence-electron chi connectivity index (χ4n) is 0.724. The molecule has 0 aliphatic carbocycles. The van der Waals surface area contributed by atoms with Crippen molar-refractivity contribution in [1.29, 1.82) is 0 Å². The highest BCUT2D eigenvalue weighted by molar-refractivity contribution is 7.99. The fourth-order valence-corrected chi connectivity index (χ4v) is 0.974. The summed E-state index contributed by atoms with van der Waals surface area (Å²) in [5, 5.41) is 11.4. The summed E-state index contributed by atoms with van der Waals surface area (Å²) in [5.41, 5.74) is 0. The van der Waals surface area contributed by atoms with Crippen LogP contribution in [-0.4, -0.2) is 53.6 Å². The Balaban J connectivity index is 3.78. The van der Waals surface area contributed by atoms with Gasteiger partial charge < -0.3 is 15.3 Å². The molecular weight excluding hydrogens is 204 g/mol. The first-order chi connectivity index (χ1) is 6.47. The molecule has 1 unspecified atom stereocenters. The van der Waals surface area contributed by atoms with E-state index in [0.29, 0.717) is 11.8 Å². The van der Waals surface area contributed by atoms with Gasteiger partial charge >= 0.3 is 12.0 Å². The zero-order valence-corrected chi connectivity index (χ0v) is 9.43. The van der Waals surface area contributed by atoms with Crippen LogP contribution >= 0.6 is 11.8 Å². The number of nitrogens with zero attached hydrogens (tertiary/aromatic N) is 1. The molecule has 6 heteroatoms. The smallest absolute Gasteiger partial charge is 0.323 e. The van der Waals surface area contributed by atoms with Crippen molar-refractivity contribution in [2.75, 3.05) is 26.4 Å². The van der Waals surface area contributed by atoms with Crippen LogP contribution in [0, 0.1) is 0 Å². The summed E-state index contributed by atoms with van der Waals surface area (Å²) in [6, 6.07) is -0.353. The zero-order valence-electron chi connectivity index (χ0n) is 8.61. The number of hydrogen-bond donors (Lipinski definition) is 2. The van der Waals surface area contributed by atoms with E-state index in [-0.39, 0.29) is 12.6 Å². The van der Waals surface area contributed by atoms with Crippen molar-refractivity contribution in [3.05, 3.63) is 0 Å². The lowest BCUT2D eigenvalue weighted by Crippen LogP contribution is -2.42. The molecule has 0 spiro atoms. The van der Waals surface area contributed by atoms with Crippen molar-refractivity contribution in [3.8, 4) is 0 Å². The Bertz CT molecular complexity index is 211. The highest BCUT2D eigenvalue weighted by Gasteiger charge is 2.11. The molecule has 0 aliphatic rings. The van der Waals surface area contributed by atoms with Crippen LogP contribution in [0.1, 0.15) is 6.92 Å². The molecule has 1 atom stereocenters. The van der Waals surface area contributed by atoms with E-state index in [1.54, 1.807) is 11.8 Å². The van der Waals surface area contributed by atoms with Crippen molar-refractivity contribution >= 4 is 23.8 Å². The number of carbonyl (C=O) groups excluding carboxylic acids is 1. The molecule has 0 aromatic heterocycles. The van der Waals surface area contributed by atoms with Gasteiger partial charge in [-0.1, -0.05) is 6.92 Å². The first-order valence-corrected chi connectivity index (χ1v) is 5.49. The molecule has 0 rings (SSSR count). The number of carboxylic acid groups (broad SMARTS) is 1. The van der Waals surface area contributed by atoms with Gasteiger partial charge in [0, 0.05) is 18.8 Å². The molecule has 5 nitrogen and oxygen atoms in total. The highest BCUT2D eigenvalue weighted by Crippen LogP contribution is 2.02. The topological polar surface area (TPSA) is 69.6 Å². The molecule has 0 aromatic rings. The average Bonchev–Trinajstić information content (AvgIpc) is 2.12. The Kier molecular flexibility index (Phi) is 6.11. The van der Waals surface area contributed by atoms with Crippen LogP contribution in [0.4, 0.5) is 4.79 Å². The minimum Gasteiger partial charge on any atom is -0.480 e. The minimum absolute atomic E-state index is 0.278. The van der Waals surface area contributed by atoms with Crippen LogP contribution in [0.5, 0.6) is 0 Å². The van der Waals surface area contributed by atoms with Crippen molar-refractivity contribution in [1.82, 2.24) is 10.2 Å². The second-order valence-electron chi connectivity index (χ2n) is 2.98. The summed E-state index contributed by atoms with van der Waals surface area (Å²) in [7, 11) is 1.45. The maximum atomic E-state index is 11.2. The van der Waals surface area contributed by atoms with Crippen LogP contribution in [0.25, 0.3) is 0 Å². The lowest BCUT2D eigenvalue weighted by molar-refractivity contribution is -0.137. The van der Waals surface area contributed by atoms with E-state index in [1.807, 2.05) is 13.2 Å². The summed E-state index contributed by atoms with van der Waals surface area (Å²) >= 11 is 1.64. The van der Waals surface area contributed by atoms with Gasteiger partial charge in [-0.3, -0.25) is 4.79 Å². The molecule has 2 amide bonds. The summed E-state index contributed by atoms with van der Waals surface area (Å²) in [5.74, 6) is -1.01. The second kappa shape index (κ2) is 6.53. The monoisotopic (exact) mass is 220 g/mol. The third-order valence-electron chi connectivity index (χ3n) is 1.66. The number of rotatable bonds is 5. The summed E-state index contributed by atoms with van der Waals surface area (Å²) < 4.78 is 0. The molecule has 0 aromatic carbocycles. The van der Waals surface area contributed by atoms with Crippen LogP contribution in [-0.2, 0) is 4.79 Å². The Morgan fingerprint density at radius 3 is 2.57 bits per heavy atom. The number of hydrogen-bond acceptors (Lipinski definition) is 3. The summed E-state index contributed by atoms with van der Waals surface area (Å²) in [6.07, 6.45) is 1.96. The molecule has 0 fully saturated rings. The number of aliphatic carboxylic acids is 1. The molecular formula is C8H16N2O3S. The predicted molar refractivity (Wildman–Crippen MR) is 56.6 cm³/mol. The number of carboxylic acids is 1. The van der Waals surface area contributed by atoms with Gasteiger partial charge in [0.1, 0.15) is 6.54 Å². The van der Waals surface area contributed by atoms with E-state index in [1.165, 1.54) is 7.05 Å². The minimum atomic E-state index is -1.01. The molecule has 0 aliphatic heterocycles. The SMILES string of the molecule is CSC(C)CNC(=O)N(C)CC(=O)O. The standard InChI is InChI=1S/C8H16N2O3S/c1-6(14-3)4-9-8(13)10(2)5-7(11)12/h6H,4-5H2,1-3H3,(H,9,13)(H,11,12). The Morgan fingerprint density at radius 2 is 2.14 bits per heavy atom. The second-order valence-corrected chi connectivity index (χ2v) is 4.26. The normalized spacial score (nSPS) is 11.9. The van der Waals surface area contributed by atoms with Gasteiger partial charge in [0.05, 0.1) is 0 Å². The van der Waals surface area contributed by atoms with Crippen LogP contribution in [0.15, 0.2) is 0 Å². The lowest BCUT2D eigenvalue weighted by Gasteiger charge is -2.17. The Morgan fingerprint density at radius 1 is 1.57 bits per heavy atom. The lowest BCUT2D eigenvalue weighted by atomic mass is 10.5. The van der Waals surface area contributed by atoms with Crippen molar-refractivity contribution < 1.29 is 14.7 Å². The molecule has 0 bridgehead atoms. The van der Waals surface area contributed by atoms with Crippen molar-refractivity contribution in [2.45, 2.75) is 12.2 Å². The van der Waals surface area contributed by atoms with Gasteiger partial charge in [0.2, 0.25) is 0 Å². The van der Waals surface area contributed by atoms with Gasteiger partial charge in [-0.15, -0.1) is 0 Å². The van der Waals surface area contributed by atoms with E-state index < -0.39 is 5.97 Å². The van der Waals surface area contributed by atoms with E-state index in [0.717, 1.165) is 4.90 Å². The number of nitrogens with one attached hydrogen (secondary N) is 1. The molecule has 0 radical (unpaired) electrons. The summed E-state index contributed by atoms with van der Waals surface area (Å²) in [4.78, 5) is 22.7. The highest BCUT2D eigenvalue weighted by atomic mass is 32.2. The maximum absolute atomic E-state index is 11.2. The number of thioether (sulfide) groups is 1. The van der Waals surface area contributed by atoms with E-state index in [9.17, 15) is 9.59 Å². The third kappa shape index (κ3) is 5.69. The Labute approximate surface area is 87.8 Å². The van der Waals surface area contributed by atoms with Gasteiger partial charge in [-0.25, -0.2) is 4.79 Å². The predicted octanol–water partition coefficient (Wildman–Crippen LogP) is 0.464. The average molecular weight is 220 g/mol. The van der Waals surface area contributed by atoms with Gasteiger partial charge in [-0.05, 0) is 6.26 Å². The molecule has 82 valence electrons. The third-order valence-corrected chi connectivity index (χ3v) is 2.63. The molecule has 0 heterocycles. The van der Waals surface area contributed by atoms with E-state index in [4.69, 9.17) is 5.11 Å². The summed E-state index contributed by atoms with van der Waals surface area (Å²) in [6.45, 7) is 2.26. The number of urea groups is 1. The van der Waals surface area contributed by atoms with Crippen LogP contribution in [0.2, 0.25) is 0 Å². The van der Waals surface area contributed by atoms with Crippen molar-refractivity contribution in [3.63, 3.8) is 0 Å². The Hall–Kier alpha value is -0.910. The van der Waals surface area contributed by atoms with Gasteiger partial charge in [0.15, 0.2) is 0 Å². The number of carbonyl (C=O) groups is 2. The van der Waals surface area contributed by atoms with Crippen molar-refractivity contribution in [2.24, 2.45) is 0 Å². The van der Waals surface area contributed by atoms with Crippen LogP contribution < -0.4 is 5.32 Å². The first kappa shape index (κ1) is 13.1. The fraction of sp³-hybridized carbons (Fsp3) is 0.750.